The molecular weight excluding hydrogens is 314 g/mol. The number of ketones is 1. The maximum atomic E-state index is 12.2. The van der Waals surface area contributed by atoms with E-state index in [4.69, 9.17) is 14.2 Å². The number of ether oxygens (including phenoxy) is 3. The lowest BCUT2D eigenvalue weighted by Crippen LogP contribution is -2.42. The number of hydrogen-bond acceptors (Lipinski definition) is 6. The highest BCUT2D eigenvalue weighted by atomic mass is 16.7. The Balaban J connectivity index is 1.54. The number of Topliss-reactive ketones (excluding diaryl/α,β-unsaturated/α-hetero) is 1. The Morgan fingerprint density at radius 2 is 2.04 bits per heavy atom. The summed E-state index contributed by atoms with van der Waals surface area (Å²) < 4.78 is 15.6. The van der Waals surface area contributed by atoms with E-state index in [1.165, 1.54) is 6.92 Å². The van der Waals surface area contributed by atoms with Crippen LogP contribution < -0.4 is 9.47 Å². The zero-order valence-electron chi connectivity index (χ0n) is 13.4. The van der Waals surface area contributed by atoms with Crippen molar-refractivity contribution in [1.29, 1.82) is 0 Å². The van der Waals surface area contributed by atoms with Gasteiger partial charge in [0, 0.05) is 25.6 Å². The number of nitrogens with zero attached hydrogens (tertiary/aromatic N) is 1. The quantitative estimate of drug-likeness (QED) is 0.612. The van der Waals surface area contributed by atoms with Gasteiger partial charge in [-0.15, -0.1) is 0 Å². The monoisotopic (exact) mass is 333 g/mol. The van der Waals surface area contributed by atoms with E-state index < -0.39 is 5.97 Å². The van der Waals surface area contributed by atoms with Gasteiger partial charge in [0.15, 0.2) is 23.9 Å². The summed E-state index contributed by atoms with van der Waals surface area (Å²) in [6.45, 7) is 2.31. The topological polar surface area (TPSA) is 82.1 Å². The molecule has 1 fully saturated rings. The van der Waals surface area contributed by atoms with Crippen LogP contribution in [0.4, 0.5) is 0 Å². The van der Waals surface area contributed by atoms with E-state index in [0.29, 0.717) is 36.6 Å². The van der Waals surface area contributed by atoms with Crippen LogP contribution >= 0.6 is 0 Å². The first-order chi connectivity index (χ1) is 11.5. The summed E-state index contributed by atoms with van der Waals surface area (Å²) in [6.07, 6.45) is 1.43. The molecule has 0 spiro atoms. The van der Waals surface area contributed by atoms with E-state index in [2.05, 4.69) is 0 Å². The average Bonchev–Trinajstić information content (AvgIpc) is 3.07. The second-order valence-electron chi connectivity index (χ2n) is 5.90. The van der Waals surface area contributed by atoms with Crippen molar-refractivity contribution < 1.29 is 28.6 Å². The Hall–Kier alpha value is -2.57. The Bertz CT molecular complexity index is 671. The van der Waals surface area contributed by atoms with E-state index in [1.54, 1.807) is 23.1 Å². The highest BCUT2D eigenvalue weighted by molar-refractivity contribution is 5.98. The molecule has 3 rings (SSSR count). The Kier molecular flexibility index (Phi) is 4.69. The van der Waals surface area contributed by atoms with Crippen LogP contribution in [0.5, 0.6) is 11.5 Å². The normalized spacial score (nSPS) is 19.0. The van der Waals surface area contributed by atoms with Crippen LogP contribution in [0.25, 0.3) is 0 Å². The van der Waals surface area contributed by atoms with E-state index >= 15 is 0 Å². The van der Waals surface area contributed by atoms with Gasteiger partial charge < -0.3 is 19.1 Å². The third kappa shape index (κ3) is 3.50. The van der Waals surface area contributed by atoms with Crippen LogP contribution in [0.3, 0.4) is 0 Å². The molecule has 128 valence electrons. The largest absolute Gasteiger partial charge is 0.457 e. The van der Waals surface area contributed by atoms with E-state index in [9.17, 15) is 14.4 Å². The highest BCUT2D eigenvalue weighted by Gasteiger charge is 2.28. The van der Waals surface area contributed by atoms with Crippen molar-refractivity contribution in [2.45, 2.75) is 19.8 Å². The van der Waals surface area contributed by atoms with E-state index in [1.807, 2.05) is 0 Å². The Morgan fingerprint density at radius 3 is 2.83 bits per heavy atom. The van der Waals surface area contributed by atoms with Gasteiger partial charge in [0.05, 0.1) is 5.92 Å². The molecule has 0 saturated carbocycles. The third-order valence-electron chi connectivity index (χ3n) is 4.24. The van der Waals surface area contributed by atoms with E-state index in [-0.39, 0.29) is 31.0 Å². The van der Waals surface area contributed by atoms with Crippen LogP contribution in [-0.2, 0) is 14.3 Å². The number of hydrogen-bond donors (Lipinski definition) is 0. The lowest BCUT2D eigenvalue weighted by atomic mass is 9.98. The second-order valence-corrected chi connectivity index (χ2v) is 5.90. The fourth-order valence-corrected chi connectivity index (χ4v) is 2.86. The summed E-state index contributed by atoms with van der Waals surface area (Å²) in [5, 5.41) is 0. The number of fused-ring (bicyclic) bond motifs is 1. The first kappa shape index (κ1) is 16.3. The molecule has 1 unspecified atom stereocenters. The molecule has 1 saturated heterocycles. The summed E-state index contributed by atoms with van der Waals surface area (Å²) in [5.74, 6) is -0.0568. The zero-order valence-corrected chi connectivity index (χ0v) is 13.4. The van der Waals surface area contributed by atoms with Crippen LogP contribution in [0.1, 0.15) is 30.1 Å². The molecule has 7 heteroatoms. The number of esters is 1. The molecule has 2 heterocycles. The van der Waals surface area contributed by atoms with Crippen LogP contribution in [-0.4, -0.2) is 49.0 Å². The van der Waals surface area contributed by atoms with Crippen LogP contribution in [0.2, 0.25) is 0 Å². The van der Waals surface area contributed by atoms with Crippen molar-refractivity contribution in [1.82, 2.24) is 4.90 Å². The molecule has 0 N–H and O–H groups in total. The Morgan fingerprint density at radius 1 is 1.25 bits per heavy atom. The van der Waals surface area contributed by atoms with Crippen molar-refractivity contribution in [2.24, 2.45) is 5.92 Å². The van der Waals surface area contributed by atoms with Gasteiger partial charge in [-0.2, -0.15) is 0 Å². The van der Waals surface area contributed by atoms with Gasteiger partial charge in [0.1, 0.15) is 0 Å². The van der Waals surface area contributed by atoms with Gasteiger partial charge in [-0.05, 0) is 31.0 Å². The molecule has 1 aromatic rings. The summed E-state index contributed by atoms with van der Waals surface area (Å²) in [6, 6.07) is 4.85. The van der Waals surface area contributed by atoms with Crippen LogP contribution in [0, 0.1) is 5.92 Å². The number of rotatable bonds is 4. The van der Waals surface area contributed by atoms with Gasteiger partial charge in [0.25, 0.3) is 0 Å². The van der Waals surface area contributed by atoms with Gasteiger partial charge in [-0.3, -0.25) is 14.4 Å². The van der Waals surface area contributed by atoms with E-state index in [0.717, 1.165) is 6.42 Å². The lowest BCUT2D eigenvalue weighted by Gasteiger charge is -2.30. The first-order valence-corrected chi connectivity index (χ1v) is 7.89. The minimum atomic E-state index is -0.435. The van der Waals surface area contributed by atoms with Crippen LogP contribution in [0.15, 0.2) is 18.2 Å². The van der Waals surface area contributed by atoms with Crippen molar-refractivity contribution in [3.63, 3.8) is 0 Å². The molecule has 2 aliphatic rings. The number of piperidine rings is 1. The molecule has 2 aliphatic heterocycles. The maximum absolute atomic E-state index is 12.2. The van der Waals surface area contributed by atoms with Gasteiger partial charge in [-0.25, -0.2) is 0 Å². The van der Waals surface area contributed by atoms with Crippen molar-refractivity contribution in [3.05, 3.63) is 23.8 Å². The van der Waals surface area contributed by atoms with Gasteiger partial charge in [0.2, 0.25) is 12.7 Å². The van der Waals surface area contributed by atoms with Crippen molar-refractivity contribution in [3.8, 4) is 11.5 Å². The molecule has 1 atom stereocenters. The SMILES string of the molecule is CC(=O)N1CCCC(C(=O)OCC(=O)c2ccc3c(c2)OCO3)C1. The number of likely N-dealkylation sites (tertiary alicyclic amines) is 1. The van der Waals surface area contributed by atoms with Gasteiger partial charge >= 0.3 is 5.97 Å². The first-order valence-electron chi connectivity index (χ1n) is 7.89. The molecule has 0 radical (unpaired) electrons. The standard InChI is InChI=1S/C17H19NO6/c1-11(19)18-6-2-3-13(8-18)17(21)22-9-14(20)12-4-5-15-16(7-12)24-10-23-15/h4-5,7,13H,2-3,6,8-10H2,1H3. The predicted octanol–water partition coefficient (Wildman–Crippen LogP) is 1.40. The molecule has 0 aliphatic carbocycles. The van der Waals surface area contributed by atoms with Crippen molar-refractivity contribution in [2.75, 3.05) is 26.5 Å². The fourth-order valence-electron chi connectivity index (χ4n) is 2.86. The molecule has 7 nitrogen and oxygen atoms in total. The summed E-state index contributed by atoms with van der Waals surface area (Å²) >= 11 is 0. The molecule has 0 aromatic heterocycles. The maximum Gasteiger partial charge on any atom is 0.311 e. The highest BCUT2D eigenvalue weighted by Crippen LogP contribution is 2.32. The second kappa shape index (κ2) is 6.90. The number of benzene rings is 1. The molecular formula is C17H19NO6. The lowest BCUT2D eigenvalue weighted by molar-refractivity contribution is -0.150. The summed E-state index contributed by atoms with van der Waals surface area (Å²) in [4.78, 5) is 37.3. The minimum Gasteiger partial charge on any atom is -0.457 e. The molecule has 0 bridgehead atoms. The molecule has 24 heavy (non-hydrogen) atoms. The number of carbonyl (C=O) groups excluding carboxylic acids is 3. The molecule has 1 aromatic carbocycles. The average molecular weight is 333 g/mol. The summed E-state index contributed by atoms with van der Waals surface area (Å²) in [5.41, 5.74) is 0.404. The number of amides is 1. The smallest absolute Gasteiger partial charge is 0.311 e. The minimum absolute atomic E-state index is 0.0519. The van der Waals surface area contributed by atoms with Gasteiger partial charge in [-0.1, -0.05) is 0 Å². The number of carbonyl (C=O) groups is 3. The summed E-state index contributed by atoms with van der Waals surface area (Å²) in [7, 11) is 0. The third-order valence-corrected chi connectivity index (χ3v) is 4.24. The zero-order chi connectivity index (χ0) is 17.1. The fraction of sp³-hybridized carbons (Fsp3) is 0.471. The molecule has 1 amide bonds. The Labute approximate surface area is 139 Å². The predicted molar refractivity (Wildman–Crippen MR) is 82.8 cm³/mol. The van der Waals surface area contributed by atoms with Crippen molar-refractivity contribution >= 4 is 17.7 Å².